The Kier molecular flexibility index (Phi) is 10.6. The maximum Gasteiger partial charge on any atom is 0.341 e. The summed E-state index contributed by atoms with van der Waals surface area (Å²) in [6, 6.07) is 6.99. The number of nitrogens with zero attached hydrogens (tertiary/aromatic N) is 3. The van der Waals surface area contributed by atoms with Crippen LogP contribution in [0.25, 0.3) is 0 Å². The number of benzene rings is 1. The number of hydrogen-bond acceptors (Lipinski definition) is 9. The zero-order valence-corrected chi connectivity index (χ0v) is 25.4. The first-order valence-electron chi connectivity index (χ1n) is 13.0. The van der Waals surface area contributed by atoms with Crippen molar-refractivity contribution in [2.75, 3.05) is 17.7 Å². The summed E-state index contributed by atoms with van der Waals surface area (Å²) in [7, 11) is 0. The summed E-state index contributed by atoms with van der Waals surface area (Å²) in [5.74, 6) is -0.721. The minimum absolute atomic E-state index is 0.00521. The summed E-state index contributed by atoms with van der Waals surface area (Å²) in [4.78, 5) is 50.9. The molecule has 0 aliphatic rings. The number of Topliss-reactive ketones (excluding diaryl/α,β-unsaturated/α-hetero) is 1. The van der Waals surface area contributed by atoms with Crippen molar-refractivity contribution in [3.05, 3.63) is 57.2 Å². The summed E-state index contributed by atoms with van der Waals surface area (Å²) >= 11 is 2.25. The molecule has 40 heavy (non-hydrogen) atoms. The van der Waals surface area contributed by atoms with Crippen LogP contribution < -0.4 is 10.6 Å². The molecule has 214 valence electrons. The van der Waals surface area contributed by atoms with Crippen molar-refractivity contribution < 1.29 is 23.9 Å². The van der Waals surface area contributed by atoms with Gasteiger partial charge in [-0.25, -0.2) is 4.79 Å². The maximum absolute atomic E-state index is 13.0. The number of thioether (sulfide) groups is 1. The molecular weight excluding hydrogens is 550 g/mol. The van der Waals surface area contributed by atoms with E-state index < -0.39 is 12.0 Å². The van der Waals surface area contributed by atoms with Crippen molar-refractivity contribution >= 4 is 51.7 Å². The van der Waals surface area contributed by atoms with Gasteiger partial charge in [0.25, 0.3) is 5.91 Å². The van der Waals surface area contributed by atoms with E-state index in [9.17, 15) is 19.2 Å². The SMILES string of the molecule is CCOC(=O)c1c(NC(=O)CSc2nnc([C@H](NC(=O)c3cccc(C)c3)C(C)C)n2CC)sc(C(C)=O)c1C. The van der Waals surface area contributed by atoms with E-state index in [0.717, 1.165) is 16.9 Å². The number of ether oxygens (including phenoxy) is 1. The lowest BCUT2D eigenvalue weighted by atomic mass is 10.0. The van der Waals surface area contributed by atoms with Gasteiger partial charge in [0.05, 0.1) is 28.8 Å². The van der Waals surface area contributed by atoms with Crippen molar-refractivity contribution in [2.45, 2.75) is 66.2 Å². The lowest BCUT2D eigenvalue weighted by molar-refractivity contribution is -0.113. The average Bonchev–Trinajstić information content (AvgIpc) is 3.45. The summed E-state index contributed by atoms with van der Waals surface area (Å²) in [6.45, 7) is 13.3. The third kappa shape index (κ3) is 7.16. The maximum atomic E-state index is 13.0. The smallest absolute Gasteiger partial charge is 0.341 e. The average molecular weight is 586 g/mol. The van der Waals surface area contributed by atoms with Gasteiger partial charge in [-0.15, -0.1) is 21.5 Å². The molecule has 2 heterocycles. The molecule has 0 aliphatic carbocycles. The number of carbonyl (C=O) groups is 4. The minimum atomic E-state index is -0.588. The molecular formula is C28H35N5O5S2. The topological polar surface area (TPSA) is 132 Å². The fraction of sp³-hybridized carbons (Fsp3) is 0.429. The first-order valence-corrected chi connectivity index (χ1v) is 14.8. The highest BCUT2D eigenvalue weighted by Gasteiger charge is 2.28. The predicted octanol–water partition coefficient (Wildman–Crippen LogP) is 5.21. The van der Waals surface area contributed by atoms with E-state index in [-0.39, 0.29) is 46.4 Å². The van der Waals surface area contributed by atoms with Gasteiger partial charge < -0.3 is 19.9 Å². The number of nitrogens with one attached hydrogen (secondary N) is 2. The van der Waals surface area contributed by atoms with Crippen LogP contribution in [-0.4, -0.2) is 50.7 Å². The van der Waals surface area contributed by atoms with Crippen LogP contribution in [0.3, 0.4) is 0 Å². The number of thiophene rings is 1. The van der Waals surface area contributed by atoms with E-state index in [1.807, 2.05) is 50.5 Å². The molecule has 0 fully saturated rings. The summed E-state index contributed by atoms with van der Waals surface area (Å²) in [5.41, 5.74) is 2.24. The Morgan fingerprint density at radius 3 is 2.45 bits per heavy atom. The number of aryl methyl sites for hydroxylation is 1. The second kappa shape index (κ2) is 13.7. The molecule has 0 radical (unpaired) electrons. The molecule has 2 N–H and O–H groups in total. The number of aromatic nitrogens is 3. The molecule has 2 aromatic heterocycles. The Labute approximate surface area is 242 Å². The summed E-state index contributed by atoms with van der Waals surface area (Å²) in [5, 5.41) is 15.3. The molecule has 2 amide bonds. The van der Waals surface area contributed by atoms with Crippen LogP contribution in [0.2, 0.25) is 0 Å². The van der Waals surface area contributed by atoms with Gasteiger partial charge in [0.1, 0.15) is 5.00 Å². The van der Waals surface area contributed by atoms with Crippen LogP contribution in [0.1, 0.15) is 88.0 Å². The molecule has 0 spiro atoms. The highest BCUT2D eigenvalue weighted by Crippen LogP contribution is 2.34. The van der Waals surface area contributed by atoms with Crippen molar-refractivity contribution in [1.29, 1.82) is 0 Å². The fourth-order valence-electron chi connectivity index (χ4n) is 4.15. The Morgan fingerprint density at radius 2 is 1.85 bits per heavy atom. The second-order valence-electron chi connectivity index (χ2n) is 9.52. The second-order valence-corrected chi connectivity index (χ2v) is 11.5. The van der Waals surface area contributed by atoms with Crippen molar-refractivity contribution in [3.8, 4) is 0 Å². The third-order valence-corrected chi connectivity index (χ3v) is 8.38. The van der Waals surface area contributed by atoms with Crippen molar-refractivity contribution in [1.82, 2.24) is 20.1 Å². The number of rotatable bonds is 12. The van der Waals surface area contributed by atoms with Crippen LogP contribution in [0, 0.1) is 19.8 Å². The number of hydrogen-bond donors (Lipinski definition) is 2. The first kappa shape index (κ1) is 31.0. The Morgan fingerprint density at radius 1 is 1.12 bits per heavy atom. The molecule has 0 saturated carbocycles. The number of esters is 1. The molecule has 0 saturated heterocycles. The predicted molar refractivity (Wildman–Crippen MR) is 156 cm³/mol. The number of ketones is 1. The van der Waals surface area contributed by atoms with E-state index in [1.54, 1.807) is 19.9 Å². The Hall–Kier alpha value is -3.51. The lowest BCUT2D eigenvalue weighted by Crippen LogP contribution is -2.33. The Bertz CT molecular complexity index is 1410. The van der Waals surface area contributed by atoms with Gasteiger partial charge in [-0.2, -0.15) is 0 Å². The van der Waals surface area contributed by atoms with E-state index in [2.05, 4.69) is 20.8 Å². The zero-order valence-electron chi connectivity index (χ0n) is 23.8. The van der Waals surface area contributed by atoms with Gasteiger partial charge in [0.2, 0.25) is 5.91 Å². The summed E-state index contributed by atoms with van der Waals surface area (Å²) < 4.78 is 7.02. The van der Waals surface area contributed by atoms with E-state index >= 15 is 0 Å². The van der Waals surface area contributed by atoms with Crippen molar-refractivity contribution in [3.63, 3.8) is 0 Å². The quantitative estimate of drug-likeness (QED) is 0.168. The normalized spacial score (nSPS) is 11.8. The molecule has 3 aromatic rings. The highest BCUT2D eigenvalue weighted by atomic mass is 32.2. The first-order chi connectivity index (χ1) is 19.0. The van der Waals surface area contributed by atoms with Crippen molar-refractivity contribution in [2.24, 2.45) is 5.92 Å². The van der Waals surface area contributed by atoms with E-state index in [4.69, 9.17) is 4.74 Å². The van der Waals surface area contributed by atoms with Crippen LogP contribution >= 0.6 is 23.1 Å². The van der Waals surface area contributed by atoms with Gasteiger partial charge in [0, 0.05) is 12.1 Å². The third-order valence-electron chi connectivity index (χ3n) is 6.10. The van der Waals surface area contributed by atoms with Crippen LogP contribution in [0.5, 0.6) is 0 Å². The van der Waals surface area contributed by atoms with Crippen LogP contribution in [-0.2, 0) is 16.1 Å². The summed E-state index contributed by atoms with van der Waals surface area (Å²) in [6.07, 6.45) is 0. The minimum Gasteiger partial charge on any atom is -0.462 e. The van der Waals surface area contributed by atoms with Gasteiger partial charge in [-0.1, -0.05) is 43.3 Å². The lowest BCUT2D eigenvalue weighted by Gasteiger charge is -2.22. The molecule has 1 atom stereocenters. The molecule has 0 aliphatic heterocycles. The van der Waals surface area contributed by atoms with Crippen LogP contribution in [0.4, 0.5) is 5.00 Å². The van der Waals surface area contributed by atoms with Gasteiger partial charge in [-0.3, -0.25) is 14.4 Å². The largest absolute Gasteiger partial charge is 0.462 e. The molecule has 3 rings (SSSR count). The zero-order chi connectivity index (χ0) is 29.6. The van der Waals surface area contributed by atoms with Gasteiger partial charge >= 0.3 is 5.97 Å². The monoisotopic (exact) mass is 585 g/mol. The highest BCUT2D eigenvalue weighted by molar-refractivity contribution is 7.99. The van der Waals surface area contributed by atoms with Gasteiger partial charge in [-0.05, 0) is 58.2 Å². The van der Waals surface area contributed by atoms with E-state index in [0.29, 0.717) is 33.5 Å². The molecule has 10 nitrogen and oxygen atoms in total. The van der Waals surface area contributed by atoms with E-state index in [1.165, 1.54) is 18.7 Å². The molecule has 12 heteroatoms. The molecule has 0 unspecified atom stereocenters. The number of anilines is 1. The van der Waals surface area contributed by atoms with Gasteiger partial charge in [0.15, 0.2) is 16.8 Å². The standard InChI is InChI=1S/C28H35N5O5S2/c1-8-33-24(22(15(3)4)30-25(36)19-12-10-11-16(5)13-19)31-32-28(33)39-14-20(35)29-26-21(27(37)38-9-2)17(6)23(40-26)18(7)34/h10-13,15,22H,8-9,14H2,1-7H3,(H,29,35)(H,30,36)/t22-/m1/s1. The Balaban J connectivity index is 1.77. The number of amides is 2. The number of carbonyl (C=O) groups excluding carboxylic acids is 4. The molecule has 0 bridgehead atoms. The molecule has 1 aromatic carbocycles. The van der Waals surface area contributed by atoms with Crippen LogP contribution in [0.15, 0.2) is 29.4 Å². The fourth-order valence-corrected chi connectivity index (χ4v) is 6.07.